The molecular formula is C21H23N3O3. The van der Waals surface area contributed by atoms with E-state index in [4.69, 9.17) is 9.15 Å². The summed E-state index contributed by atoms with van der Waals surface area (Å²) in [6, 6.07) is 15.2. The van der Waals surface area contributed by atoms with Crippen LogP contribution in [0.15, 0.2) is 52.9 Å². The number of amides is 1. The minimum absolute atomic E-state index is 0.0883. The lowest BCUT2D eigenvalue weighted by Gasteiger charge is -2.06. The second-order valence-electron chi connectivity index (χ2n) is 6.34. The SMILES string of the molecule is CCCCOc1ccc(C(=O)Nc2nnc(Cc3ccc(C)cc3)o2)cc1. The number of ether oxygens (including phenoxy) is 1. The van der Waals surface area contributed by atoms with Crippen molar-refractivity contribution < 1.29 is 13.9 Å². The van der Waals surface area contributed by atoms with Crippen LogP contribution in [-0.4, -0.2) is 22.7 Å². The molecule has 1 amide bonds. The summed E-state index contributed by atoms with van der Waals surface area (Å²) in [4.78, 5) is 12.3. The van der Waals surface area contributed by atoms with Crippen LogP contribution in [0, 0.1) is 6.92 Å². The van der Waals surface area contributed by atoms with Crippen LogP contribution < -0.4 is 10.1 Å². The lowest BCUT2D eigenvalue weighted by Crippen LogP contribution is -2.12. The van der Waals surface area contributed by atoms with Crippen molar-refractivity contribution in [2.45, 2.75) is 33.1 Å². The number of anilines is 1. The molecule has 1 heterocycles. The molecule has 6 heteroatoms. The molecule has 0 spiro atoms. The van der Waals surface area contributed by atoms with Gasteiger partial charge in [0.2, 0.25) is 5.89 Å². The Hall–Kier alpha value is -3.15. The zero-order valence-electron chi connectivity index (χ0n) is 15.6. The van der Waals surface area contributed by atoms with Gasteiger partial charge >= 0.3 is 6.01 Å². The van der Waals surface area contributed by atoms with Crippen LogP contribution >= 0.6 is 0 Å². The zero-order chi connectivity index (χ0) is 19.1. The monoisotopic (exact) mass is 365 g/mol. The molecule has 2 aromatic carbocycles. The second-order valence-corrected chi connectivity index (χ2v) is 6.34. The van der Waals surface area contributed by atoms with E-state index in [1.54, 1.807) is 24.3 Å². The van der Waals surface area contributed by atoms with Crippen molar-refractivity contribution in [2.24, 2.45) is 0 Å². The predicted octanol–water partition coefficient (Wildman–Crippen LogP) is 4.40. The first kappa shape index (κ1) is 18.6. The summed E-state index contributed by atoms with van der Waals surface area (Å²) in [6.07, 6.45) is 2.61. The molecule has 140 valence electrons. The molecule has 27 heavy (non-hydrogen) atoms. The van der Waals surface area contributed by atoms with E-state index in [-0.39, 0.29) is 11.9 Å². The summed E-state index contributed by atoms with van der Waals surface area (Å²) < 4.78 is 11.1. The fourth-order valence-electron chi connectivity index (χ4n) is 2.46. The minimum Gasteiger partial charge on any atom is -0.494 e. The quantitative estimate of drug-likeness (QED) is 0.599. The van der Waals surface area contributed by atoms with E-state index < -0.39 is 0 Å². The molecule has 0 radical (unpaired) electrons. The fourth-order valence-corrected chi connectivity index (χ4v) is 2.46. The third-order valence-electron chi connectivity index (χ3n) is 4.05. The van der Waals surface area contributed by atoms with Gasteiger partial charge in [0.25, 0.3) is 5.91 Å². The molecule has 0 atom stereocenters. The number of rotatable bonds is 8. The van der Waals surface area contributed by atoms with Crippen LogP contribution in [0.5, 0.6) is 5.75 Å². The van der Waals surface area contributed by atoms with Gasteiger partial charge < -0.3 is 9.15 Å². The molecule has 0 unspecified atom stereocenters. The van der Waals surface area contributed by atoms with Crippen molar-refractivity contribution in [3.05, 3.63) is 71.1 Å². The Morgan fingerprint density at radius 1 is 1.07 bits per heavy atom. The Bertz CT molecular complexity index is 870. The summed E-state index contributed by atoms with van der Waals surface area (Å²) in [5.74, 6) is 0.896. The van der Waals surface area contributed by atoms with Gasteiger partial charge in [-0.25, -0.2) is 0 Å². The average molecular weight is 365 g/mol. The number of unbranched alkanes of at least 4 members (excludes halogenated alkanes) is 1. The van der Waals surface area contributed by atoms with Crippen LogP contribution in [-0.2, 0) is 6.42 Å². The van der Waals surface area contributed by atoms with Crippen molar-refractivity contribution >= 4 is 11.9 Å². The molecule has 0 fully saturated rings. The number of aromatic nitrogens is 2. The average Bonchev–Trinajstić information content (AvgIpc) is 3.11. The Balaban J connectivity index is 1.56. The second kappa shape index (κ2) is 8.98. The van der Waals surface area contributed by atoms with Crippen molar-refractivity contribution in [3.8, 4) is 5.75 Å². The molecule has 1 N–H and O–H groups in total. The maximum Gasteiger partial charge on any atom is 0.322 e. The number of hydrogen-bond acceptors (Lipinski definition) is 5. The summed E-state index contributed by atoms with van der Waals surface area (Å²) in [7, 11) is 0. The molecule has 6 nitrogen and oxygen atoms in total. The van der Waals surface area contributed by atoms with Gasteiger partial charge in [0.1, 0.15) is 5.75 Å². The van der Waals surface area contributed by atoms with Crippen molar-refractivity contribution in [1.29, 1.82) is 0 Å². The van der Waals surface area contributed by atoms with Crippen LogP contribution in [0.2, 0.25) is 0 Å². The first-order chi connectivity index (χ1) is 13.1. The number of hydrogen-bond donors (Lipinski definition) is 1. The first-order valence-electron chi connectivity index (χ1n) is 9.06. The Morgan fingerprint density at radius 2 is 1.81 bits per heavy atom. The van der Waals surface area contributed by atoms with Crippen LogP contribution in [0.25, 0.3) is 0 Å². The molecule has 0 aliphatic rings. The van der Waals surface area contributed by atoms with Crippen molar-refractivity contribution in [1.82, 2.24) is 10.2 Å². The Kier molecular flexibility index (Phi) is 6.20. The van der Waals surface area contributed by atoms with Crippen LogP contribution in [0.4, 0.5) is 6.01 Å². The van der Waals surface area contributed by atoms with E-state index in [9.17, 15) is 4.79 Å². The lowest BCUT2D eigenvalue weighted by molar-refractivity contribution is 0.102. The van der Waals surface area contributed by atoms with Gasteiger partial charge in [-0.3, -0.25) is 10.1 Å². The molecule has 0 bridgehead atoms. The van der Waals surface area contributed by atoms with Gasteiger partial charge in [-0.2, -0.15) is 0 Å². The third-order valence-corrected chi connectivity index (χ3v) is 4.05. The van der Waals surface area contributed by atoms with E-state index in [1.807, 2.05) is 31.2 Å². The molecule has 0 saturated heterocycles. The van der Waals surface area contributed by atoms with Gasteiger partial charge in [0.15, 0.2) is 0 Å². The summed E-state index contributed by atoms with van der Waals surface area (Å²) in [6.45, 7) is 4.82. The number of benzene rings is 2. The Labute approximate surface area is 158 Å². The third kappa shape index (κ3) is 5.41. The van der Waals surface area contributed by atoms with Gasteiger partial charge in [-0.05, 0) is 43.2 Å². The fraction of sp³-hybridized carbons (Fsp3) is 0.286. The van der Waals surface area contributed by atoms with Crippen LogP contribution in [0.3, 0.4) is 0 Å². The first-order valence-corrected chi connectivity index (χ1v) is 9.06. The normalized spacial score (nSPS) is 10.6. The van der Waals surface area contributed by atoms with Gasteiger partial charge in [-0.1, -0.05) is 48.3 Å². The maximum absolute atomic E-state index is 12.3. The molecule has 0 aliphatic heterocycles. The topological polar surface area (TPSA) is 77.2 Å². The summed E-state index contributed by atoms with van der Waals surface area (Å²) in [5, 5.41) is 10.5. The summed E-state index contributed by atoms with van der Waals surface area (Å²) in [5.41, 5.74) is 2.76. The molecule has 3 aromatic rings. The smallest absolute Gasteiger partial charge is 0.322 e. The van der Waals surface area contributed by atoms with Crippen molar-refractivity contribution in [3.63, 3.8) is 0 Å². The zero-order valence-corrected chi connectivity index (χ0v) is 15.6. The van der Waals surface area contributed by atoms with E-state index in [2.05, 4.69) is 22.4 Å². The number of carbonyl (C=O) groups excluding carboxylic acids is 1. The molecule has 3 rings (SSSR count). The molecular weight excluding hydrogens is 342 g/mol. The predicted molar refractivity (Wildman–Crippen MR) is 103 cm³/mol. The van der Waals surface area contributed by atoms with E-state index in [0.717, 1.165) is 24.2 Å². The summed E-state index contributed by atoms with van der Waals surface area (Å²) >= 11 is 0. The van der Waals surface area contributed by atoms with E-state index in [0.29, 0.717) is 24.5 Å². The highest BCUT2D eigenvalue weighted by Gasteiger charge is 2.12. The number of aryl methyl sites for hydroxylation is 1. The number of nitrogens with zero attached hydrogens (tertiary/aromatic N) is 2. The highest BCUT2D eigenvalue weighted by Crippen LogP contribution is 2.16. The highest BCUT2D eigenvalue weighted by atomic mass is 16.5. The van der Waals surface area contributed by atoms with E-state index >= 15 is 0 Å². The Morgan fingerprint density at radius 3 is 2.52 bits per heavy atom. The van der Waals surface area contributed by atoms with E-state index in [1.165, 1.54) is 5.56 Å². The van der Waals surface area contributed by atoms with Gasteiger partial charge in [0.05, 0.1) is 13.0 Å². The van der Waals surface area contributed by atoms with Crippen LogP contribution in [0.1, 0.15) is 47.1 Å². The van der Waals surface area contributed by atoms with Crippen molar-refractivity contribution in [2.75, 3.05) is 11.9 Å². The maximum atomic E-state index is 12.3. The lowest BCUT2D eigenvalue weighted by atomic mass is 10.1. The molecule has 0 saturated carbocycles. The molecule has 1 aromatic heterocycles. The van der Waals surface area contributed by atoms with Gasteiger partial charge in [0, 0.05) is 5.56 Å². The standard InChI is InChI=1S/C21H23N3O3/c1-3-4-13-26-18-11-9-17(10-12-18)20(25)22-21-24-23-19(27-21)14-16-7-5-15(2)6-8-16/h5-12H,3-4,13-14H2,1-2H3,(H,22,24,25). The molecule has 0 aliphatic carbocycles. The number of nitrogens with one attached hydrogen (secondary N) is 1. The van der Waals surface area contributed by atoms with Gasteiger partial charge in [-0.15, -0.1) is 5.10 Å². The largest absolute Gasteiger partial charge is 0.494 e. The highest BCUT2D eigenvalue weighted by molar-refractivity contribution is 6.03. The minimum atomic E-state index is -0.305. The number of carbonyl (C=O) groups is 1.